The second-order valence-corrected chi connectivity index (χ2v) is 6.42. The molecule has 0 bridgehead atoms. The average Bonchev–Trinajstić information content (AvgIpc) is 2.97. The van der Waals surface area contributed by atoms with Gasteiger partial charge in [-0.05, 0) is 35.6 Å². The van der Waals surface area contributed by atoms with Crippen LogP contribution in [0.5, 0.6) is 5.88 Å². The smallest absolute Gasteiger partial charge is 0.197 e. The van der Waals surface area contributed by atoms with Gasteiger partial charge in [0.1, 0.15) is 23.9 Å². The number of aryl methyl sites for hydroxylation is 2. The van der Waals surface area contributed by atoms with Crippen LogP contribution in [0, 0.1) is 5.82 Å². The lowest BCUT2D eigenvalue weighted by molar-refractivity contribution is -0.777. The molecular formula is C21H20FN3O. The Labute approximate surface area is 151 Å². The van der Waals surface area contributed by atoms with Gasteiger partial charge in [-0.15, -0.1) is 4.68 Å². The van der Waals surface area contributed by atoms with Crippen LogP contribution in [0.3, 0.4) is 0 Å². The number of pyridine rings is 1. The summed E-state index contributed by atoms with van der Waals surface area (Å²) in [5.74, 6) is -0.439. The van der Waals surface area contributed by atoms with Gasteiger partial charge in [0.15, 0.2) is 5.52 Å². The molecule has 0 unspecified atom stereocenters. The Morgan fingerprint density at radius 3 is 2.50 bits per heavy atom. The van der Waals surface area contributed by atoms with Crippen LogP contribution < -0.4 is 9.79 Å². The molecule has 0 aliphatic carbocycles. The summed E-state index contributed by atoms with van der Waals surface area (Å²) in [6.45, 7) is 4.49. The Bertz CT molecular complexity index is 1100. The maximum atomic E-state index is 13.9. The van der Waals surface area contributed by atoms with Gasteiger partial charge < -0.3 is 5.11 Å². The van der Waals surface area contributed by atoms with Crippen molar-refractivity contribution >= 4 is 16.3 Å². The summed E-state index contributed by atoms with van der Waals surface area (Å²) in [6, 6.07) is 14.4. The van der Waals surface area contributed by atoms with Gasteiger partial charge in [-0.25, -0.2) is 4.39 Å². The van der Waals surface area contributed by atoms with Crippen molar-refractivity contribution in [3.05, 3.63) is 71.2 Å². The molecule has 0 aliphatic heterocycles. The van der Waals surface area contributed by atoms with E-state index in [1.807, 2.05) is 44.2 Å². The lowest BCUT2D eigenvalue weighted by atomic mass is 9.99. The van der Waals surface area contributed by atoms with Crippen LogP contribution >= 0.6 is 0 Å². The van der Waals surface area contributed by atoms with E-state index in [1.54, 1.807) is 10.6 Å². The van der Waals surface area contributed by atoms with Crippen LogP contribution in [-0.4, -0.2) is 9.73 Å². The van der Waals surface area contributed by atoms with E-state index in [0.717, 1.165) is 40.4 Å². The zero-order chi connectivity index (χ0) is 18.3. The van der Waals surface area contributed by atoms with Crippen molar-refractivity contribution in [3.63, 3.8) is 0 Å². The topological polar surface area (TPSA) is 44.2 Å². The standard InChI is InChI=1S/C21H20FN3O/c1-3-16-18-12-15(22)10-11-17(18)20-21(26)24(23-25(20)19(16)4-2)13-14-8-6-5-7-9-14/h5-12H,3-4,13H2,1-2H3. The quantitative estimate of drug-likeness (QED) is 0.531. The summed E-state index contributed by atoms with van der Waals surface area (Å²) >= 11 is 0. The normalized spacial score (nSPS) is 11.5. The molecule has 4 nitrogen and oxygen atoms in total. The Morgan fingerprint density at radius 2 is 1.81 bits per heavy atom. The number of fused-ring (bicyclic) bond motifs is 3. The Morgan fingerprint density at radius 1 is 1.04 bits per heavy atom. The molecule has 5 heteroatoms. The zero-order valence-corrected chi connectivity index (χ0v) is 14.9. The maximum Gasteiger partial charge on any atom is 0.197 e. The summed E-state index contributed by atoms with van der Waals surface area (Å²) in [5, 5.41) is 19.2. The van der Waals surface area contributed by atoms with E-state index in [0.29, 0.717) is 12.1 Å². The number of nitrogens with zero attached hydrogens (tertiary/aromatic N) is 3. The monoisotopic (exact) mass is 349 g/mol. The van der Waals surface area contributed by atoms with Crippen molar-refractivity contribution in [2.24, 2.45) is 0 Å². The molecule has 0 saturated carbocycles. The van der Waals surface area contributed by atoms with Crippen LogP contribution in [0.25, 0.3) is 16.3 Å². The summed E-state index contributed by atoms with van der Waals surface area (Å²) in [4.78, 5) is 0. The van der Waals surface area contributed by atoms with Crippen molar-refractivity contribution in [3.8, 4) is 5.88 Å². The molecular weight excluding hydrogens is 329 g/mol. The SMILES string of the molecule is CCc1c(CC)n2n[n+](Cc3ccccc3)c([O-])c2c2ccc(F)cc12. The van der Waals surface area contributed by atoms with Gasteiger partial charge in [0.25, 0.3) is 0 Å². The molecule has 0 fully saturated rings. The number of hydrogen-bond acceptors (Lipinski definition) is 2. The molecule has 0 amide bonds. The Kier molecular flexibility index (Phi) is 4.07. The van der Waals surface area contributed by atoms with E-state index in [-0.39, 0.29) is 11.7 Å². The zero-order valence-electron chi connectivity index (χ0n) is 14.9. The van der Waals surface area contributed by atoms with Crippen LogP contribution in [0.1, 0.15) is 30.7 Å². The van der Waals surface area contributed by atoms with Gasteiger partial charge in [-0.3, -0.25) is 0 Å². The number of hydrogen-bond donors (Lipinski definition) is 0. The summed E-state index contributed by atoms with van der Waals surface area (Å²) in [6.07, 6.45) is 1.48. The molecule has 2 aromatic carbocycles. The van der Waals surface area contributed by atoms with Gasteiger partial charge in [0.2, 0.25) is 0 Å². The maximum absolute atomic E-state index is 13.9. The fourth-order valence-corrected chi connectivity index (χ4v) is 3.70. The molecule has 0 aliphatic rings. The summed E-state index contributed by atoms with van der Waals surface area (Å²) in [7, 11) is 0. The minimum Gasteiger partial charge on any atom is -0.838 e. The first kappa shape index (κ1) is 16.5. The molecule has 4 rings (SSSR count). The molecule has 132 valence electrons. The van der Waals surface area contributed by atoms with Gasteiger partial charge in [0.05, 0.1) is 5.21 Å². The lowest BCUT2D eigenvalue weighted by Crippen LogP contribution is -2.39. The average molecular weight is 349 g/mol. The number of halogens is 1. The first-order chi connectivity index (χ1) is 12.6. The molecule has 0 spiro atoms. The molecule has 0 radical (unpaired) electrons. The minimum atomic E-state index is -0.289. The fraction of sp³-hybridized carbons (Fsp3) is 0.238. The van der Waals surface area contributed by atoms with E-state index in [9.17, 15) is 9.50 Å². The predicted molar refractivity (Wildman–Crippen MR) is 96.6 cm³/mol. The Hall–Kier alpha value is -2.95. The van der Waals surface area contributed by atoms with Crippen molar-refractivity contribution in [2.75, 3.05) is 0 Å². The third-order valence-corrected chi connectivity index (χ3v) is 4.88. The first-order valence-electron chi connectivity index (χ1n) is 8.90. The van der Waals surface area contributed by atoms with E-state index < -0.39 is 0 Å². The van der Waals surface area contributed by atoms with Gasteiger partial charge >= 0.3 is 0 Å². The highest BCUT2D eigenvalue weighted by Crippen LogP contribution is 2.30. The first-order valence-corrected chi connectivity index (χ1v) is 8.90. The molecule has 0 saturated heterocycles. The number of benzene rings is 2. The predicted octanol–water partition coefficient (Wildman–Crippen LogP) is 3.16. The molecule has 4 aromatic rings. The molecule has 2 heterocycles. The minimum absolute atomic E-state index is 0.150. The van der Waals surface area contributed by atoms with Crippen molar-refractivity contribution in [2.45, 2.75) is 33.2 Å². The van der Waals surface area contributed by atoms with E-state index in [4.69, 9.17) is 0 Å². The second kappa shape index (κ2) is 6.41. The molecule has 2 aromatic heterocycles. The van der Waals surface area contributed by atoms with Crippen LogP contribution in [0.2, 0.25) is 0 Å². The largest absolute Gasteiger partial charge is 0.838 e. The number of aromatic nitrogens is 3. The summed E-state index contributed by atoms with van der Waals surface area (Å²) in [5.41, 5.74) is 3.54. The van der Waals surface area contributed by atoms with E-state index >= 15 is 0 Å². The van der Waals surface area contributed by atoms with Gasteiger partial charge in [-0.1, -0.05) is 48.7 Å². The Balaban J connectivity index is 2.04. The van der Waals surface area contributed by atoms with E-state index in [2.05, 4.69) is 5.21 Å². The molecule has 26 heavy (non-hydrogen) atoms. The van der Waals surface area contributed by atoms with Gasteiger partial charge in [0, 0.05) is 17.4 Å². The van der Waals surface area contributed by atoms with Crippen molar-refractivity contribution < 1.29 is 14.2 Å². The third kappa shape index (κ3) is 2.51. The van der Waals surface area contributed by atoms with Crippen LogP contribution in [0.15, 0.2) is 48.5 Å². The van der Waals surface area contributed by atoms with Gasteiger partial charge in [-0.2, -0.15) is 0 Å². The second-order valence-electron chi connectivity index (χ2n) is 6.42. The van der Waals surface area contributed by atoms with Crippen molar-refractivity contribution in [1.82, 2.24) is 9.73 Å². The molecule has 0 atom stereocenters. The van der Waals surface area contributed by atoms with Crippen molar-refractivity contribution in [1.29, 1.82) is 0 Å². The fourth-order valence-electron chi connectivity index (χ4n) is 3.70. The van der Waals surface area contributed by atoms with Crippen LogP contribution in [0.4, 0.5) is 4.39 Å². The summed E-state index contributed by atoms with van der Waals surface area (Å²) < 4.78 is 17.1. The van der Waals surface area contributed by atoms with E-state index in [1.165, 1.54) is 16.8 Å². The highest BCUT2D eigenvalue weighted by molar-refractivity contribution is 5.99. The third-order valence-electron chi connectivity index (χ3n) is 4.88. The van der Waals surface area contributed by atoms with Crippen LogP contribution in [-0.2, 0) is 19.4 Å². The highest BCUT2D eigenvalue weighted by Gasteiger charge is 2.23. The molecule has 0 N–H and O–H groups in total. The lowest BCUT2D eigenvalue weighted by Gasteiger charge is -2.10. The highest BCUT2D eigenvalue weighted by atomic mass is 19.1. The number of rotatable bonds is 4.